The van der Waals surface area contributed by atoms with Gasteiger partial charge in [-0.3, -0.25) is 0 Å². The molecule has 5 aromatic rings. The van der Waals surface area contributed by atoms with Crippen LogP contribution in [0.4, 0.5) is 17.1 Å². The molecule has 58 heavy (non-hydrogen) atoms. The summed E-state index contributed by atoms with van der Waals surface area (Å²) >= 11 is 0. The van der Waals surface area contributed by atoms with Crippen molar-refractivity contribution in [3.63, 3.8) is 0 Å². The van der Waals surface area contributed by atoms with E-state index in [2.05, 4.69) is 187 Å². The van der Waals surface area contributed by atoms with Crippen LogP contribution in [0.1, 0.15) is 133 Å². The van der Waals surface area contributed by atoms with Crippen LogP contribution in [0, 0.1) is 5.41 Å². The highest BCUT2D eigenvalue weighted by Crippen LogP contribution is 2.53. The third-order valence-electron chi connectivity index (χ3n) is 15.0. The second kappa shape index (κ2) is 13.2. The zero-order valence-corrected chi connectivity index (χ0v) is 36.1. The minimum Gasteiger partial charge on any atom is -0.345 e. The van der Waals surface area contributed by atoms with E-state index in [1.54, 1.807) is 11.3 Å². The van der Waals surface area contributed by atoms with Crippen molar-refractivity contribution < 1.29 is 0 Å². The van der Waals surface area contributed by atoms with Crippen LogP contribution < -0.4 is 9.80 Å². The van der Waals surface area contributed by atoms with Crippen molar-refractivity contribution in [1.29, 1.82) is 0 Å². The first-order valence-corrected chi connectivity index (χ1v) is 22.1. The van der Waals surface area contributed by atoms with Gasteiger partial charge in [-0.15, -0.1) is 0 Å². The van der Waals surface area contributed by atoms with Crippen molar-refractivity contribution in [3.05, 3.63) is 159 Å². The first-order chi connectivity index (χ1) is 27.7. The van der Waals surface area contributed by atoms with Gasteiger partial charge in [0, 0.05) is 46.7 Å². The van der Waals surface area contributed by atoms with Crippen LogP contribution in [-0.4, -0.2) is 13.1 Å². The van der Waals surface area contributed by atoms with E-state index in [1.807, 2.05) is 0 Å². The fraction of sp³-hybridized carbons (Fsp3) is 0.357. The molecule has 294 valence electrons. The van der Waals surface area contributed by atoms with Gasteiger partial charge in [0.1, 0.15) is 0 Å². The van der Waals surface area contributed by atoms with Crippen molar-refractivity contribution in [3.8, 4) is 22.3 Å². The lowest BCUT2D eigenvalue weighted by Crippen LogP contribution is -2.36. The first-order valence-electron chi connectivity index (χ1n) is 22.1. The molecular formula is C56H60N2. The van der Waals surface area contributed by atoms with Crippen LogP contribution in [0.25, 0.3) is 34.4 Å². The molecule has 0 bridgehead atoms. The molecule has 0 radical (unpaired) electrons. The van der Waals surface area contributed by atoms with Gasteiger partial charge < -0.3 is 9.80 Å². The predicted octanol–water partition coefficient (Wildman–Crippen LogP) is 14.9. The van der Waals surface area contributed by atoms with Crippen LogP contribution in [-0.2, 0) is 16.2 Å². The van der Waals surface area contributed by atoms with Crippen molar-refractivity contribution in [2.75, 3.05) is 22.9 Å². The van der Waals surface area contributed by atoms with Crippen molar-refractivity contribution in [2.45, 2.75) is 110 Å². The quantitative estimate of drug-likeness (QED) is 0.168. The molecule has 0 unspecified atom stereocenters. The van der Waals surface area contributed by atoms with E-state index in [0.717, 1.165) is 19.5 Å². The maximum atomic E-state index is 2.66. The van der Waals surface area contributed by atoms with Crippen molar-refractivity contribution in [2.24, 2.45) is 5.41 Å². The standard InChI is InChI=1S/C56H60N2/c1-53(2)29-31-57(51-17-12-10-9-11-15-45(51)53)39-23-27-43-41-25-21-37(33-47(41)55(5,6)49(43)35-39)19-20-38-22-26-42-44-28-24-40(36-50(44)56(7,8)48(42)34-38)58-32-30-54(3,4)46-16-13-14-18-52(46)58/h11,13-16,18-28,33-36H,9-10,12,17,29-32H2,1-8H3. The molecule has 2 heterocycles. The third kappa shape index (κ3) is 5.80. The molecule has 0 amide bonds. The van der Waals surface area contributed by atoms with Crippen LogP contribution in [0.3, 0.4) is 0 Å². The Balaban J connectivity index is 0.917. The second-order valence-corrected chi connectivity index (χ2v) is 20.2. The smallest absolute Gasteiger partial charge is 0.0448 e. The second-order valence-electron chi connectivity index (χ2n) is 20.2. The Morgan fingerprint density at radius 2 is 1.02 bits per heavy atom. The molecule has 2 nitrogen and oxygen atoms in total. The largest absolute Gasteiger partial charge is 0.345 e. The lowest BCUT2D eigenvalue weighted by atomic mass is 9.75. The Morgan fingerprint density at radius 3 is 1.64 bits per heavy atom. The molecule has 0 fully saturated rings. The Labute approximate surface area is 348 Å². The number of allylic oxidation sites excluding steroid dienone is 4. The highest BCUT2D eigenvalue weighted by molar-refractivity contribution is 5.87. The van der Waals surface area contributed by atoms with E-state index >= 15 is 0 Å². The summed E-state index contributed by atoms with van der Waals surface area (Å²) in [6, 6.07) is 37.8. The highest BCUT2D eigenvalue weighted by atomic mass is 15.2. The van der Waals surface area contributed by atoms with E-state index in [1.165, 1.54) is 110 Å². The maximum absolute atomic E-state index is 2.66. The summed E-state index contributed by atoms with van der Waals surface area (Å²) < 4.78 is 0. The average molecular weight is 761 g/mol. The van der Waals surface area contributed by atoms with E-state index in [9.17, 15) is 0 Å². The van der Waals surface area contributed by atoms with Crippen LogP contribution in [0.15, 0.2) is 120 Å². The first kappa shape index (κ1) is 37.2. The molecule has 2 aliphatic heterocycles. The zero-order chi connectivity index (χ0) is 40.2. The van der Waals surface area contributed by atoms with Crippen LogP contribution >= 0.6 is 0 Å². The lowest BCUT2D eigenvalue weighted by Gasteiger charge is -2.42. The van der Waals surface area contributed by atoms with Gasteiger partial charge in [-0.2, -0.15) is 0 Å². The molecule has 3 aliphatic carbocycles. The van der Waals surface area contributed by atoms with Crippen molar-refractivity contribution >= 4 is 29.2 Å². The van der Waals surface area contributed by atoms with Crippen LogP contribution in [0.5, 0.6) is 0 Å². The summed E-state index contributed by atoms with van der Waals surface area (Å²) in [5.74, 6) is 0. The summed E-state index contributed by atoms with van der Waals surface area (Å²) in [4.78, 5) is 5.20. The number of rotatable bonds is 4. The molecule has 0 N–H and O–H groups in total. The number of anilines is 3. The maximum Gasteiger partial charge on any atom is 0.0448 e. The minimum atomic E-state index is -0.0873. The number of nitrogens with zero attached hydrogens (tertiary/aromatic N) is 2. The Hall–Kier alpha value is -5.08. The third-order valence-corrected chi connectivity index (χ3v) is 15.0. The normalized spacial score (nSPS) is 20.5. The lowest BCUT2D eigenvalue weighted by molar-refractivity contribution is 0.390. The molecule has 0 saturated carbocycles. The summed E-state index contributed by atoms with van der Waals surface area (Å²) in [5, 5.41) is 0. The molecule has 2 heteroatoms. The van der Waals surface area contributed by atoms with Gasteiger partial charge in [-0.05, 0) is 146 Å². The molecule has 0 atom stereocenters. The molecule has 0 spiro atoms. The summed E-state index contributed by atoms with van der Waals surface area (Å²) in [6.07, 6.45) is 16.7. The Bertz CT molecular complexity index is 2590. The average Bonchev–Trinajstić information content (AvgIpc) is 3.55. The number of hydrogen-bond acceptors (Lipinski definition) is 2. The molecule has 5 aromatic carbocycles. The van der Waals surface area contributed by atoms with Gasteiger partial charge in [0.2, 0.25) is 0 Å². The van der Waals surface area contributed by atoms with Gasteiger partial charge in [-0.1, -0.05) is 146 Å². The Kier molecular flexibility index (Phi) is 8.48. The van der Waals surface area contributed by atoms with Gasteiger partial charge in [0.15, 0.2) is 0 Å². The molecule has 0 saturated heterocycles. The van der Waals surface area contributed by atoms with Crippen LogP contribution in [0.2, 0.25) is 0 Å². The SMILES string of the molecule is CC1(C)CCN(c2ccc3c(c2)C(C)(C)c2cc(C=Cc4ccc5c(c4)C(C)(C)c4cc(N6CCC(C)(C)c7ccccc76)ccc4-5)ccc2-3)C2=C1C=CCCCC2. The fourth-order valence-corrected chi connectivity index (χ4v) is 11.2. The Morgan fingerprint density at radius 1 is 0.500 bits per heavy atom. The summed E-state index contributed by atoms with van der Waals surface area (Å²) in [7, 11) is 0. The number of hydrogen-bond donors (Lipinski definition) is 0. The fourth-order valence-electron chi connectivity index (χ4n) is 11.2. The predicted molar refractivity (Wildman–Crippen MR) is 248 cm³/mol. The van der Waals surface area contributed by atoms with Gasteiger partial charge in [0.05, 0.1) is 0 Å². The number of benzene rings is 5. The molecule has 0 aromatic heterocycles. The zero-order valence-electron chi connectivity index (χ0n) is 36.1. The number of para-hydroxylation sites is 1. The molecular weight excluding hydrogens is 701 g/mol. The van der Waals surface area contributed by atoms with E-state index < -0.39 is 0 Å². The van der Waals surface area contributed by atoms with Gasteiger partial charge in [0.25, 0.3) is 0 Å². The van der Waals surface area contributed by atoms with E-state index in [4.69, 9.17) is 0 Å². The monoisotopic (exact) mass is 760 g/mol. The molecule has 10 rings (SSSR count). The number of fused-ring (bicyclic) bond motifs is 7. The van der Waals surface area contributed by atoms with E-state index in [0.29, 0.717) is 0 Å². The summed E-state index contributed by atoms with van der Waals surface area (Å²) in [5.41, 5.74) is 22.5. The van der Waals surface area contributed by atoms with Gasteiger partial charge in [-0.25, -0.2) is 0 Å². The highest BCUT2D eigenvalue weighted by Gasteiger charge is 2.39. The minimum absolute atomic E-state index is 0.0770. The topological polar surface area (TPSA) is 6.48 Å². The summed E-state index contributed by atoms with van der Waals surface area (Å²) in [6.45, 7) is 21.4. The van der Waals surface area contributed by atoms with Gasteiger partial charge >= 0.3 is 0 Å². The molecule has 5 aliphatic rings. The van der Waals surface area contributed by atoms with E-state index in [-0.39, 0.29) is 21.7 Å². The van der Waals surface area contributed by atoms with Crippen molar-refractivity contribution in [1.82, 2.24) is 0 Å².